The van der Waals surface area contributed by atoms with Gasteiger partial charge < -0.3 is 15.8 Å². The molecule has 5 heteroatoms. The summed E-state index contributed by atoms with van der Waals surface area (Å²) in [5, 5.41) is 14.3. The second-order valence-corrected chi connectivity index (χ2v) is 1.94. The lowest BCUT2D eigenvalue weighted by Gasteiger charge is -1.95. The molecule has 3 N–H and O–H groups in total. The Kier molecular flexibility index (Phi) is 6.31. The third-order valence-corrected chi connectivity index (χ3v) is 0.870. The zero-order valence-electron chi connectivity index (χ0n) is 6.50. The molecule has 0 aromatic carbocycles. The Morgan fingerprint density at radius 3 is 3.00 bits per heavy atom. The smallest absolute Gasteiger partial charge is 0.221 e. The quantitative estimate of drug-likeness (QED) is 0.209. The van der Waals surface area contributed by atoms with Gasteiger partial charge in [0.1, 0.15) is 6.34 Å². The molecule has 0 saturated carbocycles. The number of carbonyl (C=O) groups excluding carboxylic acids is 1. The van der Waals surface area contributed by atoms with E-state index in [9.17, 15) is 4.79 Å². The Hall–Kier alpha value is -1.10. The van der Waals surface area contributed by atoms with E-state index in [1.54, 1.807) is 0 Å². The summed E-state index contributed by atoms with van der Waals surface area (Å²) >= 11 is 0. The van der Waals surface area contributed by atoms with Crippen molar-refractivity contribution in [3.05, 3.63) is 0 Å². The minimum Gasteiger partial charge on any atom is -0.396 e. The average Bonchev–Trinajstić information content (AvgIpc) is 1.96. The first-order valence-electron chi connectivity index (χ1n) is 3.39. The summed E-state index contributed by atoms with van der Waals surface area (Å²) in [7, 11) is 0. The number of hydrazone groups is 1. The minimum absolute atomic E-state index is 0.142. The van der Waals surface area contributed by atoms with Gasteiger partial charge in [-0.3, -0.25) is 4.79 Å². The number of hydrogen-bond acceptors (Lipinski definition) is 4. The molecule has 0 unspecified atom stereocenters. The van der Waals surface area contributed by atoms with E-state index in [0.717, 1.165) is 0 Å². The molecule has 0 spiro atoms. The molecule has 0 aromatic heterocycles. The highest BCUT2D eigenvalue weighted by molar-refractivity contribution is 5.85. The maximum absolute atomic E-state index is 10.3. The second-order valence-electron chi connectivity index (χ2n) is 1.94. The number of carbonyl (C=O) groups is 1. The maximum Gasteiger partial charge on any atom is 0.221 e. The van der Waals surface area contributed by atoms with Crippen LogP contribution in [0.2, 0.25) is 0 Å². The van der Waals surface area contributed by atoms with E-state index in [2.05, 4.69) is 15.8 Å². The van der Waals surface area contributed by atoms with Crippen molar-refractivity contribution >= 4 is 12.2 Å². The molecule has 0 saturated heterocycles. The van der Waals surface area contributed by atoms with E-state index < -0.39 is 0 Å². The summed E-state index contributed by atoms with van der Waals surface area (Å²) in [6, 6.07) is 0. The zero-order chi connectivity index (χ0) is 8.53. The Morgan fingerprint density at radius 1 is 1.73 bits per heavy atom. The van der Waals surface area contributed by atoms with Gasteiger partial charge in [0, 0.05) is 20.1 Å². The van der Waals surface area contributed by atoms with Crippen LogP contribution < -0.4 is 10.7 Å². The molecule has 0 bridgehead atoms. The van der Waals surface area contributed by atoms with Crippen LogP contribution in [0.3, 0.4) is 0 Å². The van der Waals surface area contributed by atoms with E-state index in [4.69, 9.17) is 5.11 Å². The molecular weight excluding hydrogens is 146 g/mol. The molecule has 0 aliphatic carbocycles. The van der Waals surface area contributed by atoms with Gasteiger partial charge in [0.05, 0.1) is 0 Å². The van der Waals surface area contributed by atoms with Gasteiger partial charge in [0.2, 0.25) is 5.91 Å². The number of nitrogens with one attached hydrogen (secondary N) is 2. The lowest BCUT2D eigenvalue weighted by Crippen LogP contribution is -2.20. The van der Waals surface area contributed by atoms with Crippen molar-refractivity contribution in [3.8, 4) is 0 Å². The maximum atomic E-state index is 10.3. The molecule has 0 aliphatic rings. The van der Waals surface area contributed by atoms with Crippen molar-refractivity contribution in [2.75, 3.05) is 13.2 Å². The van der Waals surface area contributed by atoms with Gasteiger partial charge >= 0.3 is 0 Å². The molecular formula is C6H13N3O2. The number of rotatable bonds is 5. The average molecular weight is 159 g/mol. The third kappa shape index (κ3) is 8.90. The normalized spacial score (nSPS) is 10.0. The van der Waals surface area contributed by atoms with E-state index in [0.29, 0.717) is 13.0 Å². The molecule has 64 valence electrons. The number of aliphatic hydroxyl groups is 1. The van der Waals surface area contributed by atoms with Crippen molar-refractivity contribution in [3.63, 3.8) is 0 Å². The summed E-state index contributed by atoms with van der Waals surface area (Å²) in [6.07, 6.45) is 1.93. The Bertz CT molecular complexity index is 136. The third-order valence-electron chi connectivity index (χ3n) is 0.870. The van der Waals surface area contributed by atoms with Gasteiger partial charge in [-0.1, -0.05) is 0 Å². The predicted molar refractivity (Wildman–Crippen MR) is 42.0 cm³/mol. The van der Waals surface area contributed by atoms with E-state index >= 15 is 0 Å². The fourth-order valence-electron chi connectivity index (χ4n) is 0.391. The van der Waals surface area contributed by atoms with Crippen molar-refractivity contribution in [1.82, 2.24) is 10.7 Å². The molecule has 0 aliphatic heterocycles. The van der Waals surface area contributed by atoms with Crippen LogP contribution in [0.5, 0.6) is 0 Å². The zero-order valence-corrected chi connectivity index (χ0v) is 6.50. The number of nitrogens with zero attached hydrogens (tertiary/aromatic N) is 1. The van der Waals surface area contributed by atoms with Gasteiger partial charge in [-0.25, -0.2) is 0 Å². The number of hydrogen-bond donors (Lipinski definition) is 3. The van der Waals surface area contributed by atoms with Crippen LogP contribution in [0.15, 0.2) is 5.10 Å². The molecule has 1 amide bonds. The summed E-state index contributed by atoms with van der Waals surface area (Å²) in [4.78, 5) is 10.3. The van der Waals surface area contributed by atoms with E-state index in [-0.39, 0.29) is 12.5 Å². The summed E-state index contributed by atoms with van der Waals surface area (Å²) in [6.45, 7) is 2.15. The first-order valence-corrected chi connectivity index (χ1v) is 3.39. The molecule has 0 aromatic rings. The van der Waals surface area contributed by atoms with Crippen molar-refractivity contribution < 1.29 is 9.90 Å². The molecule has 0 radical (unpaired) electrons. The highest BCUT2D eigenvalue weighted by atomic mass is 16.3. The topological polar surface area (TPSA) is 73.7 Å². The Balaban J connectivity index is 3.10. The predicted octanol–water partition coefficient (Wildman–Crippen LogP) is -0.962. The standard InChI is InChI=1S/C6H13N3O2/c1-6(11)7-5-9-8-3-2-4-10/h5,8,10H,2-4H2,1H3,(H,7,9,11). The van der Waals surface area contributed by atoms with Crippen LogP contribution in [-0.4, -0.2) is 30.5 Å². The van der Waals surface area contributed by atoms with Crippen molar-refractivity contribution in [1.29, 1.82) is 0 Å². The molecule has 0 atom stereocenters. The monoisotopic (exact) mass is 159 g/mol. The van der Waals surface area contributed by atoms with Crippen molar-refractivity contribution in [2.45, 2.75) is 13.3 Å². The summed E-state index contributed by atoms with van der Waals surface area (Å²) in [5.41, 5.74) is 2.64. The SMILES string of the molecule is CC(=O)N/C=N/NCCCO. The summed E-state index contributed by atoms with van der Waals surface area (Å²) < 4.78 is 0. The highest BCUT2D eigenvalue weighted by Gasteiger charge is 1.82. The fourth-order valence-corrected chi connectivity index (χ4v) is 0.391. The van der Waals surface area contributed by atoms with Crippen LogP contribution >= 0.6 is 0 Å². The van der Waals surface area contributed by atoms with Gasteiger partial charge in [-0.15, -0.1) is 0 Å². The lowest BCUT2D eigenvalue weighted by molar-refractivity contribution is -0.117. The van der Waals surface area contributed by atoms with Crippen LogP contribution in [0, 0.1) is 0 Å². The molecule has 0 fully saturated rings. The van der Waals surface area contributed by atoms with E-state index in [1.807, 2.05) is 0 Å². The van der Waals surface area contributed by atoms with Crippen LogP contribution in [0.4, 0.5) is 0 Å². The second kappa shape index (κ2) is 7.01. The van der Waals surface area contributed by atoms with Crippen molar-refractivity contribution in [2.24, 2.45) is 5.10 Å². The molecule has 0 rings (SSSR count). The lowest BCUT2D eigenvalue weighted by atomic mass is 10.5. The van der Waals surface area contributed by atoms with Gasteiger partial charge in [0.25, 0.3) is 0 Å². The van der Waals surface area contributed by atoms with E-state index in [1.165, 1.54) is 13.3 Å². The molecule has 11 heavy (non-hydrogen) atoms. The first-order chi connectivity index (χ1) is 5.27. The van der Waals surface area contributed by atoms with Gasteiger partial charge in [-0.05, 0) is 6.42 Å². The summed E-state index contributed by atoms with van der Waals surface area (Å²) in [5.74, 6) is -0.155. The number of amides is 1. The fraction of sp³-hybridized carbons (Fsp3) is 0.667. The Labute approximate surface area is 65.5 Å². The van der Waals surface area contributed by atoms with Crippen LogP contribution in [0.1, 0.15) is 13.3 Å². The largest absolute Gasteiger partial charge is 0.396 e. The number of aliphatic hydroxyl groups excluding tert-OH is 1. The highest BCUT2D eigenvalue weighted by Crippen LogP contribution is 1.69. The molecule has 0 heterocycles. The van der Waals surface area contributed by atoms with Gasteiger partial charge in [-0.2, -0.15) is 5.10 Å². The van der Waals surface area contributed by atoms with Gasteiger partial charge in [0.15, 0.2) is 0 Å². The molecule has 5 nitrogen and oxygen atoms in total. The van der Waals surface area contributed by atoms with Crippen LogP contribution in [-0.2, 0) is 4.79 Å². The minimum atomic E-state index is -0.155. The Morgan fingerprint density at radius 2 is 2.45 bits per heavy atom. The van der Waals surface area contributed by atoms with Crippen LogP contribution in [0.25, 0.3) is 0 Å². The first kappa shape index (κ1) is 9.90.